The lowest BCUT2D eigenvalue weighted by Crippen LogP contribution is -2.32. The van der Waals surface area contributed by atoms with Gasteiger partial charge >= 0.3 is 0 Å². The third-order valence-electron chi connectivity index (χ3n) is 2.65. The molecule has 98 valence electrons. The molecule has 2 rings (SSSR count). The van der Waals surface area contributed by atoms with E-state index in [1.165, 1.54) is 5.01 Å². The van der Waals surface area contributed by atoms with Crippen molar-refractivity contribution in [1.82, 2.24) is 9.99 Å². The fourth-order valence-electron chi connectivity index (χ4n) is 1.73. The summed E-state index contributed by atoms with van der Waals surface area (Å²) in [4.78, 5) is 16.0. The van der Waals surface area contributed by atoms with Gasteiger partial charge in [0.1, 0.15) is 11.7 Å². The standard InChI is InChI=1S/C14H14ClN3O/c1-2-3-4-10-18-14(19)9-8-12(17-18)11-6-5-7-13(15)16-11/h5-7H,2,8-10H2,1H3. The maximum absolute atomic E-state index is 11.7. The largest absolute Gasteiger partial charge is 0.273 e. The molecule has 0 radical (unpaired) electrons. The second-order valence-electron chi connectivity index (χ2n) is 4.05. The summed E-state index contributed by atoms with van der Waals surface area (Å²) in [5, 5.41) is 6.16. The predicted octanol–water partition coefficient (Wildman–Crippen LogP) is 2.47. The minimum atomic E-state index is -0.00354. The van der Waals surface area contributed by atoms with Crippen molar-refractivity contribution in [3.05, 3.63) is 29.0 Å². The second kappa shape index (κ2) is 6.35. The van der Waals surface area contributed by atoms with Crippen molar-refractivity contribution < 1.29 is 4.79 Å². The number of hydrogen-bond acceptors (Lipinski definition) is 3. The maximum Gasteiger partial charge on any atom is 0.243 e. The normalized spacial score (nSPS) is 14.7. The van der Waals surface area contributed by atoms with Gasteiger partial charge in [-0.05, 0) is 12.1 Å². The van der Waals surface area contributed by atoms with E-state index in [4.69, 9.17) is 11.6 Å². The van der Waals surface area contributed by atoms with E-state index in [-0.39, 0.29) is 5.91 Å². The molecule has 0 saturated heterocycles. The zero-order chi connectivity index (χ0) is 13.7. The Morgan fingerprint density at radius 1 is 1.37 bits per heavy atom. The first kappa shape index (κ1) is 13.6. The summed E-state index contributed by atoms with van der Waals surface area (Å²) in [6.45, 7) is 2.30. The van der Waals surface area contributed by atoms with Crippen LogP contribution >= 0.6 is 11.6 Å². The zero-order valence-electron chi connectivity index (χ0n) is 10.7. The summed E-state index contributed by atoms with van der Waals surface area (Å²) in [7, 11) is 0. The quantitative estimate of drug-likeness (QED) is 0.615. The fourth-order valence-corrected chi connectivity index (χ4v) is 1.90. The number of amides is 1. The Balaban J connectivity index is 2.21. The van der Waals surface area contributed by atoms with Gasteiger partial charge in [0, 0.05) is 19.3 Å². The molecular weight excluding hydrogens is 262 g/mol. The van der Waals surface area contributed by atoms with Crippen LogP contribution in [0.15, 0.2) is 23.3 Å². The van der Waals surface area contributed by atoms with Crippen molar-refractivity contribution in [1.29, 1.82) is 0 Å². The average Bonchev–Trinajstić information content (AvgIpc) is 2.41. The molecule has 4 nitrogen and oxygen atoms in total. The molecule has 0 unspecified atom stereocenters. The van der Waals surface area contributed by atoms with E-state index >= 15 is 0 Å². The Labute approximate surface area is 117 Å². The number of halogens is 1. The molecule has 19 heavy (non-hydrogen) atoms. The molecule has 1 aromatic heterocycles. The van der Waals surface area contributed by atoms with Crippen molar-refractivity contribution in [3.8, 4) is 11.8 Å². The molecule has 0 N–H and O–H groups in total. The molecule has 0 aromatic carbocycles. The van der Waals surface area contributed by atoms with Crippen LogP contribution in [0.3, 0.4) is 0 Å². The smallest absolute Gasteiger partial charge is 0.243 e. The van der Waals surface area contributed by atoms with Crippen LogP contribution in [0, 0.1) is 11.8 Å². The summed E-state index contributed by atoms with van der Waals surface area (Å²) < 4.78 is 0. The number of carbonyl (C=O) groups is 1. The number of carbonyl (C=O) groups excluding carboxylic acids is 1. The van der Waals surface area contributed by atoms with Crippen molar-refractivity contribution >= 4 is 23.2 Å². The van der Waals surface area contributed by atoms with Crippen LogP contribution in [0.25, 0.3) is 0 Å². The topological polar surface area (TPSA) is 45.6 Å². The van der Waals surface area contributed by atoms with E-state index < -0.39 is 0 Å². The van der Waals surface area contributed by atoms with E-state index in [9.17, 15) is 4.79 Å². The fraction of sp³-hybridized carbons (Fsp3) is 0.357. The van der Waals surface area contributed by atoms with Crippen LogP contribution in [0.5, 0.6) is 0 Å². The first-order valence-electron chi connectivity index (χ1n) is 6.17. The van der Waals surface area contributed by atoms with E-state index in [0.29, 0.717) is 30.2 Å². The van der Waals surface area contributed by atoms with E-state index in [1.54, 1.807) is 6.07 Å². The minimum absolute atomic E-state index is 0.00354. The highest BCUT2D eigenvalue weighted by Gasteiger charge is 2.21. The number of aromatic nitrogens is 1. The third-order valence-corrected chi connectivity index (χ3v) is 2.86. The van der Waals surface area contributed by atoms with Crippen LogP contribution in [-0.4, -0.2) is 28.2 Å². The number of pyridine rings is 1. The predicted molar refractivity (Wildman–Crippen MR) is 74.8 cm³/mol. The Bertz CT molecular complexity index is 572. The molecular formula is C14H14ClN3O. The Hall–Kier alpha value is -1.86. The van der Waals surface area contributed by atoms with Gasteiger partial charge in [0.25, 0.3) is 0 Å². The Morgan fingerprint density at radius 3 is 2.95 bits per heavy atom. The van der Waals surface area contributed by atoms with Crippen molar-refractivity contribution in [2.24, 2.45) is 5.10 Å². The number of rotatable bonds is 2. The van der Waals surface area contributed by atoms with Gasteiger partial charge in [-0.3, -0.25) is 4.79 Å². The van der Waals surface area contributed by atoms with Crippen LogP contribution in [0.4, 0.5) is 0 Å². The molecule has 1 aromatic rings. The van der Waals surface area contributed by atoms with Gasteiger partial charge in [-0.25, -0.2) is 9.99 Å². The van der Waals surface area contributed by atoms with Crippen molar-refractivity contribution in [3.63, 3.8) is 0 Å². The van der Waals surface area contributed by atoms with Gasteiger partial charge in [0.05, 0.1) is 11.4 Å². The van der Waals surface area contributed by atoms with Gasteiger partial charge in [-0.1, -0.05) is 30.5 Å². The van der Waals surface area contributed by atoms with Gasteiger partial charge in [0.15, 0.2) is 0 Å². The molecule has 1 aliphatic rings. The monoisotopic (exact) mass is 275 g/mol. The number of hydrogen-bond donors (Lipinski definition) is 0. The molecule has 0 aliphatic carbocycles. The van der Waals surface area contributed by atoms with Crippen LogP contribution in [0.1, 0.15) is 31.9 Å². The van der Waals surface area contributed by atoms with Crippen LogP contribution < -0.4 is 0 Å². The van der Waals surface area contributed by atoms with E-state index in [1.807, 2.05) is 19.1 Å². The zero-order valence-corrected chi connectivity index (χ0v) is 11.4. The first-order chi connectivity index (χ1) is 9.20. The molecule has 0 fully saturated rings. The third kappa shape index (κ3) is 3.55. The number of nitrogens with zero attached hydrogens (tertiary/aromatic N) is 3. The van der Waals surface area contributed by atoms with E-state index in [0.717, 1.165) is 12.1 Å². The van der Waals surface area contributed by atoms with Crippen molar-refractivity contribution in [2.45, 2.75) is 26.2 Å². The SMILES string of the molecule is CCC#CCN1N=C(c2cccc(Cl)n2)CCC1=O. The van der Waals surface area contributed by atoms with Gasteiger partial charge in [-0.15, -0.1) is 5.92 Å². The lowest BCUT2D eigenvalue weighted by Gasteiger charge is -2.21. The summed E-state index contributed by atoms with van der Waals surface area (Å²) in [6, 6.07) is 5.38. The summed E-state index contributed by atoms with van der Waals surface area (Å²) in [5.74, 6) is 5.85. The minimum Gasteiger partial charge on any atom is -0.273 e. The Kier molecular flexibility index (Phi) is 4.53. The highest BCUT2D eigenvalue weighted by atomic mass is 35.5. The van der Waals surface area contributed by atoms with E-state index in [2.05, 4.69) is 21.9 Å². The molecule has 0 atom stereocenters. The molecule has 1 aliphatic heterocycles. The highest BCUT2D eigenvalue weighted by molar-refractivity contribution is 6.29. The Morgan fingerprint density at radius 2 is 2.21 bits per heavy atom. The average molecular weight is 276 g/mol. The highest BCUT2D eigenvalue weighted by Crippen LogP contribution is 2.15. The summed E-state index contributed by atoms with van der Waals surface area (Å²) in [6.07, 6.45) is 1.79. The van der Waals surface area contributed by atoms with Gasteiger partial charge < -0.3 is 0 Å². The summed E-state index contributed by atoms with van der Waals surface area (Å²) >= 11 is 5.86. The van der Waals surface area contributed by atoms with Crippen LogP contribution in [-0.2, 0) is 4.79 Å². The molecule has 2 heterocycles. The molecule has 1 amide bonds. The molecule has 0 bridgehead atoms. The molecule has 0 spiro atoms. The second-order valence-corrected chi connectivity index (χ2v) is 4.44. The first-order valence-corrected chi connectivity index (χ1v) is 6.55. The number of hydrazone groups is 1. The molecule has 0 saturated carbocycles. The molecule has 5 heteroatoms. The lowest BCUT2D eigenvalue weighted by atomic mass is 10.1. The lowest BCUT2D eigenvalue weighted by molar-refractivity contribution is -0.131. The maximum atomic E-state index is 11.7. The van der Waals surface area contributed by atoms with Gasteiger partial charge in [0.2, 0.25) is 5.91 Å². The van der Waals surface area contributed by atoms with Gasteiger partial charge in [-0.2, -0.15) is 5.10 Å². The van der Waals surface area contributed by atoms with Crippen LogP contribution in [0.2, 0.25) is 5.15 Å². The summed E-state index contributed by atoms with van der Waals surface area (Å²) in [5.41, 5.74) is 1.49. The van der Waals surface area contributed by atoms with Crippen molar-refractivity contribution in [2.75, 3.05) is 6.54 Å².